The molecule has 0 aromatic carbocycles. The number of Topliss-reactive ketones (excluding diaryl/α,β-unsaturated/α-hetero) is 4. The van der Waals surface area contributed by atoms with E-state index in [-0.39, 0.29) is 0 Å². The van der Waals surface area contributed by atoms with Crippen LogP contribution in [0.1, 0.15) is 33.1 Å². The Bertz CT molecular complexity index is 679. The van der Waals surface area contributed by atoms with Gasteiger partial charge in [0.1, 0.15) is 12.2 Å². The Hall–Kier alpha value is -1.23. The molecule has 10 heteroatoms. The molecule has 1 saturated heterocycles. The number of ketones is 4. The van der Waals surface area contributed by atoms with Gasteiger partial charge in [-0.2, -0.15) is 0 Å². The van der Waals surface area contributed by atoms with Crippen LogP contribution in [0, 0.1) is 0 Å². The second kappa shape index (κ2) is 6.25. The highest BCUT2D eigenvalue weighted by atomic mass is 35.5. The van der Waals surface area contributed by atoms with E-state index in [0.29, 0.717) is 0 Å². The first-order valence-corrected chi connectivity index (χ1v) is 6.74. The van der Waals surface area contributed by atoms with Crippen LogP contribution < -0.4 is 0 Å². The van der Waals surface area contributed by atoms with E-state index in [1.807, 2.05) is 0 Å². The average Bonchev–Trinajstić information content (AvgIpc) is 2.71. The van der Waals surface area contributed by atoms with Gasteiger partial charge in [-0.15, -0.1) is 0 Å². The van der Waals surface area contributed by atoms with Crippen molar-refractivity contribution in [1.82, 2.24) is 0 Å². The van der Waals surface area contributed by atoms with Gasteiger partial charge < -0.3 is 25.2 Å². The largest absolute Gasteiger partial charge is 0.382 e. The third-order valence-electron chi connectivity index (χ3n) is 3.98. The molecule has 1 heterocycles. The number of carbonyl (C=O) groups excluding carboxylic acids is 4. The zero-order valence-corrected chi connectivity index (χ0v) is 13.0. The van der Waals surface area contributed by atoms with Gasteiger partial charge >= 0.3 is 0 Å². The lowest BCUT2D eigenvalue weighted by Crippen LogP contribution is -2.86. The topological polar surface area (TPSA) is 158 Å². The lowest BCUT2D eigenvalue weighted by Gasteiger charge is -2.57. The van der Waals surface area contributed by atoms with Crippen molar-refractivity contribution >= 4 is 34.7 Å². The van der Waals surface area contributed by atoms with Crippen LogP contribution in [0.3, 0.4) is 0 Å². The van der Waals surface area contributed by atoms with Gasteiger partial charge in [0.2, 0.25) is 11.2 Å². The highest BCUT2D eigenvalue weighted by molar-refractivity contribution is 6.24. The smallest absolute Gasteiger partial charge is 0.202 e. The second-order valence-electron chi connectivity index (χ2n) is 5.30. The highest BCUT2D eigenvalue weighted by Gasteiger charge is 2.78. The molecule has 0 aliphatic carbocycles. The molecule has 9 nitrogen and oxygen atoms in total. The van der Waals surface area contributed by atoms with Gasteiger partial charge in [-0.3, -0.25) is 19.2 Å². The molecule has 1 rings (SSSR count). The van der Waals surface area contributed by atoms with Crippen LogP contribution in [0.5, 0.6) is 0 Å². The molecule has 1 aliphatic rings. The molecule has 0 radical (unpaired) electrons. The number of alkyl halides is 1. The first kappa shape index (κ1) is 15.1. The van der Waals surface area contributed by atoms with Gasteiger partial charge in [-0.1, -0.05) is 11.6 Å². The number of aliphatic hydroxyl groups excluding tert-OH is 1. The van der Waals surface area contributed by atoms with E-state index in [1.165, 1.54) is 0 Å². The number of hydrogen-bond acceptors (Lipinski definition) is 9. The number of halogens is 1. The van der Waals surface area contributed by atoms with Crippen molar-refractivity contribution < 1.29 is 49.8 Å². The summed E-state index contributed by atoms with van der Waals surface area (Å²) in [5, 5.41) is 42.8. The van der Waals surface area contributed by atoms with Crippen LogP contribution in [-0.4, -0.2) is 78.1 Å². The quantitative estimate of drug-likeness (QED) is 0.396. The molecule has 136 valence electrons. The van der Waals surface area contributed by atoms with Crippen LogP contribution in [0.15, 0.2) is 0 Å². The van der Waals surface area contributed by atoms with E-state index < -0.39 is 85.3 Å². The summed E-state index contributed by atoms with van der Waals surface area (Å²) in [5.74, 6) is -6.58. The van der Waals surface area contributed by atoms with Crippen molar-refractivity contribution in [3.05, 3.63) is 0 Å². The average molecular weight is 371 g/mol. The Morgan fingerprint density at radius 1 is 1.00 bits per heavy atom. The maximum Gasteiger partial charge on any atom is 0.202 e. The van der Waals surface area contributed by atoms with Crippen molar-refractivity contribution in [3.63, 3.8) is 0 Å². The lowest BCUT2D eigenvalue weighted by atomic mass is 9.60. The summed E-state index contributed by atoms with van der Waals surface area (Å²) in [6.07, 6.45) is -5.09. The monoisotopic (exact) mass is 370 g/mol. The van der Waals surface area contributed by atoms with Crippen LogP contribution in [0.2, 0.25) is 0 Å². The summed E-state index contributed by atoms with van der Waals surface area (Å²) in [6, 6.07) is 0. The van der Waals surface area contributed by atoms with Gasteiger partial charge in [-0.05, 0) is 27.6 Å². The Morgan fingerprint density at radius 2 is 1.50 bits per heavy atom. The van der Waals surface area contributed by atoms with E-state index in [4.69, 9.17) is 21.8 Å². The van der Waals surface area contributed by atoms with Crippen molar-refractivity contribution in [2.24, 2.45) is 0 Å². The standard InChI is InChI=1S/C14H19ClO9/c1-5(16)9(20)10-12(21,6(2)17)14(23,8(4)19)13(22,7(3)18)11(15)24-10/h9-11,20-23H,1-4H3/t9?,10-,11?,12-,13+,14+/m1/s1/i1D,2D,3D,4D. The van der Waals surface area contributed by atoms with Crippen molar-refractivity contribution in [3.8, 4) is 0 Å². The second-order valence-corrected chi connectivity index (χ2v) is 5.69. The molecule has 0 saturated carbocycles. The molecule has 0 aromatic rings. The normalized spacial score (nSPS) is 42.9. The summed E-state index contributed by atoms with van der Waals surface area (Å²) in [5.41, 5.74) is -13.8. The molecule has 0 aromatic heterocycles. The van der Waals surface area contributed by atoms with E-state index >= 15 is 0 Å². The van der Waals surface area contributed by atoms with E-state index in [0.717, 1.165) is 0 Å². The molecule has 1 aliphatic heterocycles. The molecule has 2 unspecified atom stereocenters. The van der Waals surface area contributed by atoms with Crippen LogP contribution in [0.25, 0.3) is 0 Å². The third-order valence-corrected chi connectivity index (χ3v) is 4.40. The summed E-state index contributed by atoms with van der Waals surface area (Å²) in [4.78, 5) is 48.7. The lowest BCUT2D eigenvalue weighted by molar-refractivity contribution is -0.313. The highest BCUT2D eigenvalue weighted by Crippen LogP contribution is 2.48. The van der Waals surface area contributed by atoms with Crippen LogP contribution >= 0.6 is 11.6 Å². The summed E-state index contributed by atoms with van der Waals surface area (Å²) in [6.45, 7) is -5.17. The Balaban J connectivity index is 3.94. The zero-order valence-electron chi connectivity index (χ0n) is 16.3. The van der Waals surface area contributed by atoms with Crippen molar-refractivity contribution in [1.29, 1.82) is 0 Å². The van der Waals surface area contributed by atoms with Crippen LogP contribution in [0.4, 0.5) is 0 Å². The first-order valence-electron chi connectivity index (χ1n) is 9.13. The van der Waals surface area contributed by atoms with Gasteiger partial charge in [-0.25, -0.2) is 0 Å². The van der Waals surface area contributed by atoms with Crippen molar-refractivity contribution in [2.75, 3.05) is 0 Å². The van der Waals surface area contributed by atoms with E-state index in [2.05, 4.69) is 0 Å². The number of rotatable bonds is 5. The number of aliphatic hydroxyl groups is 4. The summed E-state index contributed by atoms with van der Waals surface area (Å²) >= 11 is 5.76. The molecule has 1 fully saturated rings. The molecular formula is C14H19ClO9. The maximum absolute atomic E-state index is 12.4. The SMILES string of the molecule is [2H]CC(=O)C(O)[C@H]1OC(Cl)[C@@](O)(C(=O)C[2H])[C@](O)(C(=O)C[2H])[C@@]1(O)C(=O)C[2H]. The fourth-order valence-electron chi connectivity index (χ4n) is 2.57. The molecule has 0 bridgehead atoms. The maximum atomic E-state index is 12.4. The number of hydrogen-bond donors (Lipinski definition) is 4. The minimum absolute atomic E-state index is 1.08. The minimum atomic E-state index is -3.93. The predicted octanol–water partition coefficient (Wildman–Crippen LogP) is -2.14. The van der Waals surface area contributed by atoms with Gasteiger partial charge in [0.05, 0.1) is 0 Å². The zero-order chi connectivity index (χ0) is 22.1. The predicted molar refractivity (Wildman–Crippen MR) is 78.1 cm³/mol. The van der Waals surface area contributed by atoms with Gasteiger partial charge in [0.25, 0.3) is 0 Å². The van der Waals surface area contributed by atoms with Gasteiger partial charge in [0.15, 0.2) is 34.3 Å². The molecular weight excluding hydrogens is 348 g/mol. The number of ether oxygens (including phenoxy) is 1. The first-order chi connectivity index (χ1) is 12.9. The van der Waals surface area contributed by atoms with Crippen molar-refractivity contribution in [2.45, 2.75) is 62.2 Å². The number of carbonyl (C=O) groups is 4. The fraction of sp³-hybridized carbons (Fsp3) is 0.714. The third kappa shape index (κ3) is 2.35. The van der Waals surface area contributed by atoms with Crippen LogP contribution in [-0.2, 0) is 23.9 Å². The molecule has 0 amide bonds. The fourth-order valence-corrected chi connectivity index (χ4v) is 2.96. The Kier molecular flexibility index (Phi) is 3.92. The Labute approximate surface area is 147 Å². The molecule has 4 N–H and O–H groups in total. The molecule has 24 heavy (non-hydrogen) atoms. The molecule has 0 spiro atoms. The summed E-state index contributed by atoms with van der Waals surface area (Å²) < 4.78 is 33.4. The minimum Gasteiger partial charge on any atom is -0.382 e. The van der Waals surface area contributed by atoms with E-state index in [9.17, 15) is 39.6 Å². The molecule has 6 atom stereocenters. The Morgan fingerprint density at radius 3 is 1.96 bits per heavy atom. The summed E-state index contributed by atoms with van der Waals surface area (Å²) in [7, 11) is 0. The van der Waals surface area contributed by atoms with E-state index in [1.54, 1.807) is 0 Å². The van der Waals surface area contributed by atoms with Gasteiger partial charge in [0, 0.05) is 5.48 Å².